The van der Waals surface area contributed by atoms with E-state index in [2.05, 4.69) is 40.9 Å². The van der Waals surface area contributed by atoms with Crippen molar-refractivity contribution in [2.45, 2.75) is 172 Å². The number of carboxylic acid groups (broad SMARTS) is 1. The van der Waals surface area contributed by atoms with Crippen molar-refractivity contribution >= 4 is 90.8 Å². The van der Waals surface area contributed by atoms with Crippen molar-refractivity contribution in [2.75, 3.05) is 165 Å². The van der Waals surface area contributed by atoms with E-state index in [1.807, 2.05) is 38.1 Å². The second-order valence-corrected chi connectivity index (χ2v) is 40.9. The van der Waals surface area contributed by atoms with Gasteiger partial charge in [0, 0.05) is 160 Å². The molecule has 0 aliphatic carbocycles. The van der Waals surface area contributed by atoms with Crippen LogP contribution in [0.3, 0.4) is 0 Å². The van der Waals surface area contributed by atoms with Crippen LogP contribution in [0.15, 0.2) is 146 Å². The number of aliphatic carboxylic acids is 1. The van der Waals surface area contributed by atoms with Crippen LogP contribution in [0.1, 0.15) is 137 Å². The third kappa shape index (κ3) is 23.6. The van der Waals surface area contributed by atoms with Gasteiger partial charge in [0.1, 0.15) is 34.4 Å². The van der Waals surface area contributed by atoms with E-state index >= 15 is 0 Å². The van der Waals surface area contributed by atoms with Gasteiger partial charge in [-0.15, -0.1) is 0 Å². The van der Waals surface area contributed by atoms with E-state index in [1.165, 1.54) is 71.7 Å². The number of sulfonamides is 5. The summed E-state index contributed by atoms with van der Waals surface area (Å²) in [5, 5.41) is 12.2. The fraction of sp³-hybridized carbons (Fsp3) is 0.593. The van der Waals surface area contributed by atoms with Crippen molar-refractivity contribution in [3.05, 3.63) is 144 Å². The SMILES string of the molecule is CC(=O)c1ccc(S(=O)(=O)N2CCOC23CCN(CC(=O)O)CC3)cc1.CCCCN1CCC2(CC1)OCCN2S(=O)(=O)c1ccc(OC)cc1.CCN1CCC2(CC1)OCCN2S(=O)(=O)c1ccc(C(C)=O)cc1.Cc1ccc(S(=O)(=O)N2CCOC23CCN(C)CC3)cc1.Cc1ccc(S(=O)(=O)N2CCOC23CCNCC3)cc1.O=S=O.O=S=O. The van der Waals surface area contributed by atoms with Crippen LogP contribution in [0.5, 0.6) is 5.75 Å². The number of nitrogens with zero attached hydrogens (tertiary/aromatic N) is 9. The van der Waals surface area contributed by atoms with Crippen LogP contribution in [0, 0.1) is 13.8 Å². The van der Waals surface area contributed by atoms with Gasteiger partial charge in [-0.25, -0.2) is 42.1 Å². The lowest BCUT2D eigenvalue weighted by atomic mass is 10.0. The summed E-state index contributed by atoms with van der Waals surface area (Å²) in [7, 11) is -14.3. The molecule has 10 fully saturated rings. The summed E-state index contributed by atoms with van der Waals surface area (Å²) in [6, 6.07) is 32.7. The first-order valence-corrected chi connectivity index (χ1v) is 49.5. The smallest absolute Gasteiger partial charge is 0.335 e. The number of carboxylic acids is 1. The lowest BCUT2D eigenvalue weighted by Crippen LogP contribution is -2.55. The highest BCUT2D eigenvalue weighted by atomic mass is 32.2. The molecule has 41 heteroatoms. The van der Waals surface area contributed by atoms with Gasteiger partial charge in [0.05, 0.1) is 71.2 Å². The Balaban J connectivity index is 0.000000171. The van der Waals surface area contributed by atoms with Gasteiger partial charge in [-0.1, -0.05) is 79.9 Å². The minimum Gasteiger partial charge on any atom is -0.497 e. The number of carbonyl (C=O) groups excluding carboxylic acids is 2. The van der Waals surface area contributed by atoms with Crippen LogP contribution in [0.25, 0.3) is 0 Å². The monoisotopic (exact) mass is 1840 g/mol. The molecule has 15 rings (SSSR count). The number of ketones is 2. The topological polar surface area (TPSA) is 407 Å². The van der Waals surface area contributed by atoms with E-state index in [4.69, 9.17) is 50.4 Å². The Labute approximate surface area is 725 Å². The number of rotatable bonds is 19. The fourth-order valence-electron chi connectivity index (χ4n) is 16.9. The fourth-order valence-corrected chi connectivity index (χ4v) is 25.5. The number of hydrogen-bond donors (Lipinski definition) is 2. The Morgan fingerprint density at radius 1 is 0.402 bits per heavy atom. The van der Waals surface area contributed by atoms with E-state index in [-0.39, 0.29) is 34.4 Å². The zero-order valence-corrected chi connectivity index (χ0v) is 76.2. The van der Waals surface area contributed by atoms with Crippen LogP contribution in [-0.4, -0.2) is 316 Å². The average molecular weight is 1840 g/mol. The zero-order chi connectivity index (χ0) is 89.0. The molecule has 0 atom stereocenters. The summed E-state index contributed by atoms with van der Waals surface area (Å²) in [6.45, 7) is 24.9. The quantitative estimate of drug-likeness (QED) is 0.0893. The van der Waals surface area contributed by atoms with Gasteiger partial charge in [0.15, 0.2) is 11.6 Å². The standard InChI is InChI=1S/C18H28N2O4S.C17H22N2O6S.C17H24N2O4S.C15H22N2O3S.C14H20N2O3S.2O2S/c1-3-4-11-19-12-9-18(10-13-19)20(14-15-24-18)25(21,22)17-7-5-16(23-2)6-8-17;1-13(20)14-2-4-15(5-3-14)26(23,24)19-10-11-25-17(19)6-8-18(9-7-17)12-16(21)22;1-3-18-10-8-17(9-11-18)19(12-13-23-17)24(21,22)16-6-4-15(5-7-16)14(2)20;1-13-3-5-14(6-4-13)21(18,19)17-11-12-20-15(17)7-9-16(2)10-8-15;1-12-2-4-13(5-3-12)20(17,18)16-10-11-19-14(16)6-8-15-9-7-14;2*1-3-2/h5-8H,3-4,9-15H2,1-2H3;2-5H,6-12H2,1H3,(H,21,22);4-7H,3,8-13H2,1-2H3;3-6H,7-12H2,1-2H3;2-5,15H,6-11H2,1H3;;. The second-order valence-electron chi connectivity index (χ2n) is 31.3. The third-order valence-corrected chi connectivity index (χ3v) is 33.7. The number of hydrogen-bond acceptors (Lipinski definition) is 28. The van der Waals surface area contributed by atoms with Gasteiger partial charge in [0.25, 0.3) is 0 Å². The van der Waals surface area contributed by atoms with Crippen LogP contribution < -0.4 is 10.1 Å². The van der Waals surface area contributed by atoms with Crippen molar-refractivity contribution in [2.24, 2.45) is 0 Å². The molecular formula is C81H116N10O24S7. The lowest BCUT2D eigenvalue weighted by molar-refractivity contribution is -0.141. The van der Waals surface area contributed by atoms with E-state index in [0.29, 0.717) is 142 Å². The number of unbranched alkanes of at least 4 members (excludes halogenated alkanes) is 1. The molecule has 5 aromatic carbocycles. The molecule has 2 N–H and O–H groups in total. The molecule has 10 saturated heterocycles. The number of ether oxygens (including phenoxy) is 6. The highest BCUT2D eigenvalue weighted by Gasteiger charge is 2.55. The second kappa shape index (κ2) is 43.8. The summed E-state index contributed by atoms with van der Waals surface area (Å²) in [6.07, 6.45) is 8.91. The van der Waals surface area contributed by atoms with Gasteiger partial charge < -0.3 is 53.5 Å². The largest absolute Gasteiger partial charge is 0.497 e. The molecular weight excluding hydrogens is 1720 g/mol. The lowest BCUT2D eigenvalue weighted by Gasteiger charge is -2.42. The van der Waals surface area contributed by atoms with E-state index in [0.717, 1.165) is 102 Å². The predicted octanol–water partition coefficient (Wildman–Crippen LogP) is 6.01. The summed E-state index contributed by atoms with van der Waals surface area (Å²) < 4.78 is 206. The predicted molar refractivity (Wildman–Crippen MR) is 453 cm³/mol. The van der Waals surface area contributed by atoms with Crippen LogP contribution in [0.4, 0.5) is 0 Å². The molecule has 10 heterocycles. The minimum absolute atomic E-state index is 0.0602. The Morgan fingerprint density at radius 2 is 0.664 bits per heavy atom. The van der Waals surface area contributed by atoms with Gasteiger partial charge in [-0.2, -0.15) is 38.4 Å². The molecule has 10 aliphatic heterocycles. The van der Waals surface area contributed by atoms with Gasteiger partial charge in [-0.3, -0.25) is 19.3 Å². The number of likely N-dealkylation sites (tertiary alicyclic amines) is 4. The highest BCUT2D eigenvalue weighted by Crippen LogP contribution is 2.44. The number of carbonyl (C=O) groups is 3. The first kappa shape index (κ1) is 99.3. The Kier molecular flexibility index (Phi) is 35.6. The first-order valence-electron chi connectivity index (χ1n) is 40.9. The molecule has 5 aromatic rings. The number of Topliss-reactive ketones (excluding diaryl/α,β-unsaturated/α-hetero) is 2. The number of methoxy groups -OCH3 is 1. The zero-order valence-electron chi connectivity index (χ0n) is 70.5. The molecule has 34 nitrogen and oxygen atoms in total. The number of benzene rings is 5. The Bertz CT molecular complexity index is 4960. The van der Waals surface area contributed by atoms with Crippen molar-refractivity contribution in [3.8, 4) is 5.75 Å². The summed E-state index contributed by atoms with van der Waals surface area (Å²) in [5.41, 5.74) is -0.529. The summed E-state index contributed by atoms with van der Waals surface area (Å²) >= 11 is -1.50. The number of piperidine rings is 5. The number of nitrogens with one attached hydrogen (secondary N) is 1. The van der Waals surface area contributed by atoms with E-state index in [1.54, 1.807) is 85.6 Å². The Morgan fingerprint density at radius 3 is 0.934 bits per heavy atom. The Hall–Kier alpha value is -6.50. The van der Waals surface area contributed by atoms with Crippen molar-refractivity contribution < 1.29 is 107 Å². The molecule has 0 amide bonds. The molecule has 10 aliphatic rings. The summed E-state index contributed by atoms with van der Waals surface area (Å²) in [4.78, 5) is 43.7. The van der Waals surface area contributed by atoms with Gasteiger partial charge in [0.2, 0.25) is 50.1 Å². The molecule has 676 valence electrons. The van der Waals surface area contributed by atoms with Crippen molar-refractivity contribution in [3.63, 3.8) is 0 Å². The van der Waals surface area contributed by atoms with Gasteiger partial charge in [-0.05, 0) is 140 Å². The normalized spacial score (nSPS) is 21.4. The van der Waals surface area contributed by atoms with Crippen molar-refractivity contribution in [1.82, 2.24) is 46.4 Å². The maximum Gasteiger partial charge on any atom is 0.335 e. The summed E-state index contributed by atoms with van der Waals surface area (Å²) in [5.74, 6) is -0.452. The molecule has 5 spiro atoms. The average Bonchev–Trinajstić information content (AvgIpc) is 1.60. The maximum absolute atomic E-state index is 13.2. The van der Waals surface area contributed by atoms with E-state index in [9.17, 15) is 56.5 Å². The highest BCUT2D eigenvalue weighted by molar-refractivity contribution is 7.90. The maximum atomic E-state index is 13.2. The van der Waals surface area contributed by atoms with Gasteiger partial charge >= 0.3 is 29.1 Å². The van der Waals surface area contributed by atoms with Crippen LogP contribution >= 0.6 is 0 Å². The van der Waals surface area contributed by atoms with Crippen LogP contribution in [-0.2, 0) is 102 Å². The third-order valence-electron chi connectivity index (χ3n) is 23.9. The molecule has 0 radical (unpaired) electrons. The minimum atomic E-state index is -3.77. The molecule has 122 heavy (non-hydrogen) atoms. The first-order chi connectivity index (χ1) is 58.0. The van der Waals surface area contributed by atoms with Crippen molar-refractivity contribution in [1.29, 1.82) is 0 Å². The molecule has 0 unspecified atom stereocenters. The molecule has 0 saturated carbocycles. The molecule has 0 aromatic heterocycles. The number of aryl methyl sites for hydroxylation is 2. The van der Waals surface area contributed by atoms with Crippen LogP contribution in [0.2, 0.25) is 0 Å². The molecule has 0 bridgehead atoms. The van der Waals surface area contributed by atoms with E-state index < -0.39 is 108 Å².